The van der Waals surface area contributed by atoms with Crippen LogP contribution < -0.4 is 0 Å². The van der Waals surface area contributed by atoms with E-state index >= 15 is 0 Å². The van der Waals surface area contributed by atoms with Gasteiger partial charge in [-0.1, -0.05) is 27.2 Å². The average molecular weight is 185 g/mol. The topological polar surface area (TPSA) is 20.3 Å². The third kappa shape index (κ3) is 5.04. The second kappa shape index (κ2) is 6.14. The van der Waals surface area contributed by atoms with Gasteiger partial charge < -0.3 is 0 Å². The Morgan fingerprint density at radius 1 is 1.31 bits per heavy atom. The normalized spacial score (nSPS) is 13.8. The number of hydrogen-bond donors (Lipinski definition) is 0. The number of likely N-dealkylation sites (N-methyl/N-ethyl adjacent to an activating group) is 1. The molecule has 0 N–H and O–H groups in total. The van der Waals surface area contributed by atoms with E-state index in [1.165, 1.54) is 12.8 Å². The first-order valence-corrected chi connectivity index (χ1v) is 5.22. The number of nitrogens with zero attached hydrogens (tertiary/aromatic N) is 1. The van der Waals surface area contributed by atoms with Crippen LogP contribution in [-0.2, 0) is 4.79 Å². The van der Waals surface area contributed by atoms with Crippen LogP contribution in [0.2, 0.25) is 0 Å². The molecule has 2 nitrogen and oxygen atoms in total. The summed E-state index contributed by atoms with van der Waals surface area (Å²) in [5, 5.41) is 0. The number of Topliss-reactive ketones (excluding diaryl/α,β-unsaturated/α-hetero) is 1. The summed E-state index contributed by atoms with van der Waals surface area (Å²) in [7, 11) is 2.03. The SMILES string of the molecule is CCCC(C)N(C)CC(=O)C(C)C. The van der Waals surface area contributed by atoms with Crippen molar-refractivity contribution in [3.05, 3.63) is 0 Å². The molecule has 1 atom stereocenters. The van der Waals surface area contributed by atoms with Crippen molar-refractivity contribution in [1.29, 1.82) is 0 Å². The fourth-order valence-electron chi connectivity index (χ4n) is 1.22. The molecule has 0 saturated heterocycles. The van der Waals surface area contributed by atoms with Crippen LogP contribution in [0, 0.1) is 5.92 Å². The second-order valence-electron chi connectivity index (χ2n) is 4.17. The first-order valence-electron chi connectivity index (χ1n) is 5.22. The summed E-state index contributed by atoms with van der Waals surface area (Å²) in [6.45, 7) is 8.87. The zero-order valence-corrected chi connectivity index (χ0v) is 9.63. The molecule has 0 heterocycles. The van der Waals surface area contributed by atoms with Crippen molar-refractivity contribution < 1.29 is 4.79 Å². The van der Waals surface area contributed by atoms with Crippen molar-refractivity contribution in [3.63, 3.8) is 0 Å². The molecule has 0 aliphatic rings. The predicted octanol–water partition coefficient (Wildman–Crippen LogP) is 2.33. The molecular weight excluding hydrogens is 162 g/mol. The molecule has 0 rings (SSSR count). The van der Waals surface area contributed by atoms with Crippen LogP contribution in [0.25, 0.3) is 0 Å². The van der Waals surface area contributed by atoms with E-state index in [1.54, 1.807) is 0 Å². The maximum atomic E-state index is 11.4. The van der Waals surface area contributed by atoms with E-state index in [2.05, 4.69) is 18.7 Å². The number of carbonyl (C=O) groups is 1. The summed E-state index contributed by atoms with van der Waals surface area (Å²) in [4.78, 5) is 13.6. The first kappa shape index (κ1) is 12.6. The van der Waals surface area contributed by atoms with Crippen LogP contribution in [0.1, 0.15) is 40.5 Å². The highest BCUT2D eigenvalue weighted by molar-refractivity contribution is 5.82. The highest BCUT2D eigenvalue weighted by Crippen LogP contribution is 2.05. The highest BCUT2D eigenvalue weighted by Gasteiger charge is 2.14. The second-order valence-corrected chi connectivity index (χ2v) is 4.17. The molecule has 0 radical (unpaired) electrons. The Morgan fingerprint density at radius 3 is 2.23 bits per heavy atom. The summed E-state index contributed by atoms with van der Waals surface area (Å²) >= 11 is 0. The van der Waals surface area contributed by atoms with Crippen molar-refractivity contribution in [1.82, 2.24) is 4.90 Å². The summed E-state index contributed by atoms with van der Waals surface area (Å²) in [6.07, 6.45) is 2.35. The van der Waals surface area contributed by atoms with E-state index in [9.17, 15) is 4.79 Å². The molecule has 0 aromatic carbocycles. The fraction of sp³-hybridized carbons (Fsp3) is 0.909. The number of carbonyl (C=O) groups excluding carboxylic acids is 1. The lowest BCUT2D eigenvalue weighted by atomic mass is 10.1. The lowest BCUT2D eigenvalue weighted by Gasteiger charge is -2.24. The summed E-state index contributed by atoms with van der Waals surface area (Å²) in [5.74, 6) is 0.502. The molecule has 0 bridgehead atoms. The van der Waals surface area contributed by atoms with Crippen molar-refractivity contribution in [2.45, 2.75) is 46.6 Å². The van der Waals surface area contributed by atoms with Crippen LogP contribution in [0.5, 0.6) is 0 Å². The van der Waals surface area contributed by atoms with Crippen LogP contribution in [0.3, 0.4) is 0 Å². The van der Waals surface area contributed by atoms with Gasteiger partial charge in [0.25, 0.3) is 0 Å². The van der Waals surface area contributed by atoms with E-state index in [-0.39, 0.29) is 5.92 Å². The van der Waals surface area contributed by atoms with Gasteiger partial charge in [0.05, 0.1) is 6.54 Å². The van der Waals surface area contributed by atoms with Gasteiger partial charge in [-0.05, 0) is 20.4 Å². The molecule has 0 fully saturated rings. The van der Waals surface area contributed by atoms with Crippen molar-refractivity contribution >= 4 is 5.78 Å². The molecule has 0 spiro atoms. The Labute approximate surface area is 82.3 Å². The summed E-state index contributed by atoms with van der Waals surface area (Å²) < 4.78 is 0. The number of ketones is 1. The third-order valence-corrected chi connectivity index (χ3v) is 2.51. The lowest BCUT2D eigenvalue weighted by molar-refractivity contribution is -0.123. The molecule has 2 heteroatoms. The van der Waals surface area contributed by atoms with E-state index in [4.69, 9.17) is 0 Å². The molecule has 0 aliphatic carbocycles. The van der Waals surface area contributed by atoms with Gasteiger partial charge in [0.15, 0.2) is 0 Å². The Morgan fingerprint density at radius 2 is 1.85 bits per heavy atom. The van der Waals surface area contributed by atoms with E-state index in [1.807, 2.05) is 20.9 Å². The Hall–Kier alpha value is -0.370. The Kier molecular flexibility index (Phi) is 5.97. The van der Waals surface area contributed by atoms with Crippen molar-refractivity contribution in [3.8, 4) is 0 Å². The summed E-state index contributed by atoms with van der Waals surface area (Å²) in [6, 6.07) is 0.521. The van der Waals surface area contributed by atoms with Crippen LogP contribution >= 0.6 is 0 Å². The minimum atomic E-state index is 0.163. The van der Waals surface area contributed by atoms with Gasteiger partial charge in [-0.2, -0.15) is 0 Å². The quantitative estimate of drug-likeness (QED) is 0.633. The minimum Gasteiger partial charge on any atom is -0.298 e. The highest BCUT2D eigenvalue weighted by atomic mass is 16.1. The van der Waals surface area contributed by atoms with Gasteiger partial charge in [0.1, 0.15) is 5.78 Å². The zero-order valence-electron chi connectivity index (χ0n) is 9.63. The fourth-order valence-corrected chi connectivity index (χ4v) is 1.22. The molecule has 78 valence electrons. The Balaban J connectivity index is 3.85. The molecule has 0 aliphatic heterocycles. The molecule has 0 aromatic heterocycles. The van der Waals surface area contributed by atoms with Crippen LogP contribution in [0.4, 0.5) is 0 Å². The predicted molar refractivity (Wildman–Crippen MR) is 56.8 cm³/mol. The molecular formula is C11H23NO. The molecule has 0 saturated carbocycles. The first-order chi connectivity index (χ1) is 5.99. The van der Waals surface area contributed by atoms with Gasteiger partial charge in [-0.25, -0.2) is 0 Å². The molecule has 0 aromatic rings. The van der Waals surface area contributed by atoms with Gasteiger partial charge >= 0.3 is 0 Å². The lowest BCUT2D eigenvalue weighted by Crippen LogP contribution is -2.35. The third-order valence-electron chi connectivity index (χ3n) is 2.51. The van der Waals surface area contributed by atoms with Crippen molar-refractivity contribution in [2.75, 3.05) is 13.6 Å². The smallest absolute Gasteiger partial charge is 0.149 e. The Bertz CT molecular complexity index is 154. The van der Waals surface area contributed by atoms with Gasteiger partial charge in [0, 0.05) is 12.0 Å². The largest absolute Gasteiger partial charge is 0.298 e. The van der Waals surface area contributed by atoms with E-state index in [0.29, 0.717) is 18.4 Å². The maximum Gasteiger partial charge on any atom is 0.149 e. The van der Waals surface area contributed by atoms with Gasteiger partial charge in [-0.3, -0.25) is 9.69 Å². The minimum absolute atomic E-state index is 0.163. The number of hydrogen-bond acceptors (Lipinski definition) is 2. The summed E-state index contributed by atoms with van der Waals surface area (Å²) in [5.41, 5.74) is 0. The van der Waals surface area contributed by atoms with Crippen LogP contribution in [-0.4, -0.2) is 30.3 Å². The molecule has 1 unspecified atom stereocenters. The van der Waals surface area contributed by atoms with Crippen LogP contribution in [0.15, 0.2) is 0 Å². The zero-order chi connectivity index (χ0) is 10.4. The number of rotatable bonds is 6. The van der Waals surface area contributed by atoms with E-state index in [0.717, 1.165) is 0 Å². The van der Waals surface area contributed by atoms with Gasteiger partial charge in [0.2, 0.25) is 0 Å². The average Bonchev–Trinajstić information content (AvgIpc) is 2.04. The standard InChI is InChI=1S/C11H23NO/c1-6-7-10(4)12(5)8-11(13)9(2)3/h9-10H,6-8H2,1-5H3. The monoisotopic (exact) mass is 185 g/mol. The molecule has 0 amide bonds. The van der Waals surface area contributed by atoms with Gasteiger partial charge in [-0.15, -0.1) is 0 Å². The maximum absolute atomic E-state index is 11.4. The molecule has 13 heavy (non-hydrogen) atoms. The van der Waals surface area contributed by atoms with E-state index < -0.39 is 0 Å². The van der Waals surface area contributed by atoms with Crippen molar-refractivity contribution in [2.24, 2.45) is 5.92 Å².